The molecular formula is C33H60N2O2. The van der Waals surface area contributed by atoms with E-state index in [0.29, 0.717) is 19.5 Å². The van der Waals surface area contributed by atoms with Crippen LogP contribution in [0.2, 0.25) is 0 Å². The summed E-state index contributed by atoms with van der Waals surface area (Å²) < 4.78 is 0. The third kappa shape index (κ3) is 17.7. The van der Waals surface area contributed by atoms with Gasteiger partial charge in [0.15, 0.2) is 0 Å². The second-order valence-electron chi connectivity index (χ2n) is 11.2. The lowest BCUT2D eigenvalue weighted by Gasteiger charge is -2.34. The molecule has 0 amide bonds. The molecule has 4 heteroatoms. The number of carbonyl (C=O) groups is 1. The summed E-state index contributed by atoms with van der Waals surface area (Å²) >= 11 is 0. The molecule has 0 radical (unpaired) electrons. The number of rotatable bonds is 26. The van der Waals surface area contributed by atoms with Crippen LogP contribution in [0.15, 0.2) is 30.3 Å². The number of carboxylic acids is 1. The lowest BCUT2D eigenvalue weighted by Crippen LogP contribution is -2.46. The van der Waals surface area contributed by atoms with Gasteiger partial charge in [0.2, 0.25) is 0 Å². The van der Waals surface area contributed by atoms with E-state index in [1.807, 2.05) is 18.2 Å². The van der Waals surface area contributed by atoms with Crippen LogP contribution in [0.5, 0.6) is 0 Å². The van der Waals surface area contributed by atoms with Crippen molar-refractivity contribution in [3.05, 3.63) is 35.9 Å². The second kappa shape index (κ2) is 23.7. The van der Waals surface area contributed by atoms with Crippen LogP contribution in [0.3, 0.4) is 0 Å². The fourth-order valence-corrected chi connectivity index (χ4v) is 5.43. The van der Waals surface area contributed by atoms with E-state index in [9.17, 15) is 9.90 Å². The highest BCUT2D eigenvalue weighted by atomic mass is 16.4. The smallest absolute Gasteiger partial charge is 0.320 e. The molecule has 1 aromatic rings. The minimum Gasteiger partial charge on any atom is -0.480 e. The number of nitrogens with two attached hydrogens (primary N) is 1. The first-order chi connectivity index (χ1) is 18.1. The first-order valence-corrected chi connectivity index (χ1v) is 15.8. The number of benzene rings is 1. The van der Waals surface area contributed by atoms with Gasteiger partial charge in [0.05, 0.1) is 0 Å². The Kier molecular flexibility index (Phi) is 21.6. The normalized spacial score (nSPS) is 13.2. The Labute approximate surface area is 229 Å². The summed E-state index contributed by atoms with van der Waals surface area (Å²) in [4.78, 5) is 14.4. The molecule has 0 aromatic heterocycles. The van der Waals surface area contributed by atoms with E-state index < -0.39 is 12.0 Å². The Morgan fingerprint density at radius 2 is 1.19 bits per heavy atom. The zero-order valence-corrected chi connectivity index (χ0v) is 24.5. The first kappa shape index (κ1) is 33.6. The predicted octanol–water partition coefficient (Wildman–Crippen LogP) is 9.11. The van der Waals surface area contributed by atoms with Crippen molar-refractivity contribution in [1.82, 2.24) is 4.90 Å². The van der Waals surface area contributed by atoms with Crippen molar-refractivity contribution in [1.29, 1.82) is 0 Å². The van der Waals surface area contributed by atoms with Crippen LogP contribution in [0.4, 0.5) is 0 Å². The number of nitrogens with zero attached hydrogens (tertiary/aromatic N) is 1. The standard InChI is InChI=1S/C33H60N2O2/c1-3-4-5-6-7-8-9-10-11-12-13-14-15-16-17-19-24-30(2)35(29-31-25-20-18-21-26-31)32(33(36)37)27-22-23-28-34/h18,20-21,25-26,30,32H,3-17,19,22-24,27-29,34H2,1-2H3,(H,36,37)/t30?,32-/m0/s1. The molecule has 1 aromatic carbocycles. The number of hydrogen-bond acceptors (Lipinski definition) is 3. The molecule has 2 atom stereocenters. The van der Waals surface area contributed by atoms with Crippen LogP contribution in [0.1, 0.15) is 148 Å². The van der Waals surface area contributed by atoms with Gasteiger partial charge in [-0.2, -0.15) is 0 Å². The van der Waals surface area contributed by atoms with Gasteiger partial charge < -0.3 is 10.8 Å². The molecule has 0 bridgehead atoms. The molecule has 214 valence electrons. The van der Waals surface area contributed by atoms with Crippen molar-refractivity contribution < 1.29 is 9.90 Å². The molecule has 1 rings (SSSR count). The van der Waals surface area contributed by atoms with Crippen LogP contribution >= 0.6 is 0 Å². The van der Waals surface area contributed by atoms with Gasteiger partial charge in [0.1, 0.15) is 6.04 Å². The Hall–Kier alpha value is -1.39. The summed E-state index contributed by atoms with van der Waals surface area (Å²) in [6, 6.07) is 10.1. The van der Waals surface area contributed by atoms with Gasteiger partial charge >= 0.3 is 5.97 Å². The maximum Gasteiger partial charge on any atom is 0.320 e. The lowest BCUT2D eigenvalue weighted by atomic mass is 10.00. The van der Waals surface area contributed by atoms with Crippen molar-refractivity contribution in [2.45, 2.75) is 161 Å². The second-order valence-corrected chi connectivity index (χ2v) is 11.2. The molecular weight excluding hydrogens is 456 g/mol. The third-order valence-corrected chi connectivity index (χ3v) is 7.87. The van der Waals surface area contributed by atoms with E-state index in [0.717, 1.165) is 19.3 Å². The van der Waals surface area contributed by atoms with E-state index in [4.69, 9.17) is 5.73 Å². The Morgan fingerprint density at radius 1 is 0.730 bits per heavy atom. The van der Waals surface area contributed by atoms with Gasteiger partial charge in [-0.3, -0.25) is 9.69 Å². The van der Waals surface area contributed by atoms with Gasteiger partial charge in [-0.1, -0.05) is 146 Å². The fourth-order valence-electron chi connectivity index (χ4n) is 5.43. The molecule has 0 saturated carbocycles. The van der Waals surface area contributed by atoms with Crippen LogP contribution in [0.25, 0.3) is 0 Å². The monoisotopic (exact) mass is 516 g/mol. The van der Waals surface area contributed by atoms with Crippen LogP contribution < -0.4 is 5.73 Å². The maximum absolute atomic E-state index is 12.2. The molecule has 4 nitrogen and oxygen atoms in total. The number of aliphatic carboxylic acids is 1. The van der Waals surface area contributed by atoms with Crippen molar-refractivity contribution in [3.63, 3.8) is 0 Å². The van der Waals surface area contributed by atoms with E-state index in [1.54, 1.807) is 0 Å². The summed E-state index contributed by atoms with van der Waals surface area (Å²) in [6.07, 6.45) is 25.5. The molecule has 0 aliphatic rings. The third-order valence-electron chi connectivity index (χ3n) is 7.87. The lowest BCUT2D eigenvalue weighted by molar-refractivity contribution is -0.145. The highest BCUT2D eigenvalue weighted by molar-refractivity contribution is 5.73. The van der Waals surface area contributed by atoms with Gasteiger partial charge in [-0.15, -0.1) is 0 Å². The average molecular weight is 517 g/mol. The molecule has 1 unspecified atom stereocenters. The highest BCUT2D eigenvalue weighted by Crippen LogP contribution is 2.21. The number of carboxylic acid groups (broad SMARTS) is 1. The number of hydrogen-bond donors (Lipinski definition) is 2. The van der Waals surface area contributed by atoms with Crippen molar-refractivity contribution in [2.24, 2.45) is 5.73 Å². The largest absolute Gasteiger partial charge is 0.480 e. The Morgan fingerprint density at radius 3 is 1.65 bits per heavy atom. The minimum absolute atomic E-state index is 0.255. The zero-order chi connectivity index (χ0) is 27.0. The highest BCUT2D eigenvalue weighted by Gasteiger charge is 2.28. The Balaban J connectivity index is 2.23. The van der Waals surface area contributed by atoms with Crippen molar-refractivity contribution in [2.75, 3.05) is 6.54 Å². The van der Waals surface area contributed by atoms with Crippen LogP contribution in [-0.2, 0) is 11.3 Å². The van der Waals surface area contributed by atoms with Crippen LogP contribution in [-0.4, -0.2) is 34.6 Å². The van der Waals surface area contributed by atoms with E-state index in [2.05, 4.69) is 30.9 Å². The summed E-state index contributed by atoms with van der Waals surface area (Å²) in [6.45, 7) is 5.82. The number of unbranched alkanes of at least 4 members (excludes halogenated alkanes) is 16. The van der Waals surface area contributed by atoms with E-state index >= 15 is 0 Å². The maximum atomic E-state index is 12.2. The SMILES string of the molecule is CCCCCCCCCCCCCCCCCCC(C)N(Cc1ccccc1)[C@@H](CCCCN)C(=O)O. The predicted molar refractivity (Wildman–Crippen MR) is 160 cm³/mol. The summed E-state index contributed by atoms with van der Waals surface area (Å²) in [5.41, 5.74) is 6.85. The summed E-state index contributed by atoms with van der Waals surface area (Å²) in [7, 11) is 0. The molecule has 0 heterocycles. The van der Waals surface area contributed by atoms with Gasteiger partial charge in [0.25, 0.3) is 0 Å². The van der Waals surface area contributed by atoms with Crippen LogP contribution in [0, 0.1) is 0 Å². The molecule has 3 N–H and O–H groups in total. The Bertz CT molecular complexity index is 636. The molecule has 0 fully saturated rings. The van der Waals surface area contributed by atoms with Gasteiger partial charge in [0, 0.05) is 12.6 Å². The van der Waals surface area contributed by atoms with Gasteiger partial charge in [-0.25, -0.2) is 0 Å². The quantitative estimate of drug-likeness (QED) is 0.120. The molecule has 0 saturated heterocycles. The topological polar surface area (TPSA) is 66.6 Å². The minimum atomic E-state index is -0.702. The molecule has 37 heavy (non-hydrogen) atoms. The summed E-state index contributed by atoms with van der Waals surface area (Å²) in [5, 5.41) is 10.0. The fraction of sp³-hybridized carbons (Fsp3) is 0.788. The average Bonchev–Trinajstić information content (AvgIpc) is 2.90. The van der Waals surface area contributed by atoms with Crippen molar-refractivity contribution in [3.8, 4) is 0 Å². The summed E-state index contributed by atoms with van der Waals surface area (Å²) in [5.74, 6) is -0.702. The van der Waals surface area contributed by atoms with E-state index in [-0.39, 0.29) is 6.04 Å². The molecule has 0 spiro atoms. The van der Waals surface area contributed by atoms with Gasteiger partial charge in [-0.05, 0) is 38.3 Å². The molecule has 0 aliphatic heterocycles. The molecule has 0 aliphatic carbocycles. The van der Waals surface area contributed by atoms with E-state index in [1.165, 1.54) is 108 Å². The van der Waals surface area contributed by atoms with Crippen molar-refractivity contribution >= 4 is 5.97 Å². The zero-order valence-electron chi connectivity index (χ0n) is 24.5. The first-order valence-electron chi connectivity index (χ1n) is 15.8.